The number of hydrogen-bond donors (Lipinski definition) is 0. The Labute approximate surface area is 90.7 Å². The number of rotatable bonds is 6. The second-order valence-corrected chi connectivity index (χ2v) is 5.99. The maximum absolute atomic E-state index is 6.58. The minimum atomic E-state index is -0.187. The number of hydrogen-bond acceptors (Lipinski definition) is 2. The highest BCUT2D eigenvalue weighted by molar-refractivity contribution is 6.43. The fourth-order valence-electron chi connectivity index (χ4n) is 1.80. The molecule has 0 unspecified atom stereocenters. The number of halogens is 1. The largest absolute Gasteiger partial charge is 0.277 e. The summed E-state index contributed by atoms with van der Waals surface area (Å²) in [5.41, 5.74) is 0. The molecule has 0 N–H and O–H groups in total. The molecule has 0 amide bonds. The Morgan fingerprint density at radius 2 is 1.15 bits per heavy atom. The van der Waals surface area contributed by atoms with Gasteiger partial charge in [0.25, 0.3) is 0 Å². The second kappa shape index (κ2) is 6.01. The molecule has 0 atom stereocenters. The molecule has 0 spiro atoms. The standard InChI is InChI=1S/C9H23ClN2Si/c1-5-11(6-2)9(10,13)12(7-3)8-4/h5-8H2,1-4,13H3. The smallest absolute Gasteiger partial charge is 0.125 e. The van der Waals surface area contributed by atoms with Crippen molar-refractivity contribution in [3.05, 3.63) is 0 Å². The van der Waals surface area contributed by atoms with Crippen LogP contribution in [-0.2, 0) is 0 Å². The summed E-state index contributed by atoms with van der Waals surface area (Å²) >= 11 is 6.58. The van der Waals surface area contributed by atoms with Crippen LogP contribution in [0.1, 0.15) is 27.7 Å². The van der Waals surface area contributed by atoms with Crippen molar-refractivity contribution in [1.82, 2.24) is 9.80 Å². The van der Waals surface area contributed by atoms with E-state index in [4.69, 9.17) is 11.6 Å². The maximum Gasteiger partial charge on any atom is 0.125 e. The van der Waals surface area contributed by atoms with E-state index in [1.165, 1.54) is 0 Å². The summed E-state index contributed by atoms with van der Waals surface area (Å²) in [5.74, 6) is 0. The molecule has 2 nitrogen and oxygen atoms in total. The first-order chi connectivity index (χ1) is 6.04. The van der Waals surface area contributed by atoms with E-state index >= 15 is 0 Å². The van der Waals surface area contributed by atoms with Crippen LogP contribution in [0, 0.1) is 0 Å². The molecule has 0 aromatic rings. The third kappa shape index (κ3) is 3.24. The van der Waals surface area contributed by atoms with Crippen LogP contribution in [-0.4, -0.2) is 51.0 Å². The van der Waals surface area contributed by atoms with Crippen LogP contribution < -0.4 is 0 Å². The Morgan fingerprint density at radius 3 is 1.31 bits per heavy atom. The van der Waals surface area contributed by atoms with Crippen LogP contribution in [0.25, 0.3) is 0 Å². The van der Waals surface area contributed by atoms with Gasteiger partial charge in [-0.25, -0.2) is 0 Å². The van der Waals surface area contributed by atoms with E-state index in [-0.39, 0.29) is 4.75 Å². The maximum atomic E-state index is 6.58. The summed E-state index contributed by atoms with van der Waals surface area (Å²) in [7, 11) is 0.971. The Balaban J connectivity index is 4.48. The van der Waals surface area contributed by atoms with Crippen molar-refractivity contribution in [3.63, 3.8) is 0 Å². The first kappa shape index (κ1) is 13.4. The zero-order valence-corrected chi connectivity index (χ0v) is 12.4. The molecule has 0 aliphatic heterocycles. The minimum Gasteiger partial charge on any atom is -0.277 e. The van der Waals surface area contributed by atoms with Gasteiger partial charge < -0.3 is 0 Å². The zero-order chi connectivity index (χ0) is 10.5. The van der Waals surface area contributed by atoms with Crippen LogP contribution in [0.15, 0.2) is 0 Å². The Kier molecular flexibility index (Phi) is 6.21. The predicted octanol–water partition coefficient (Wildman–Crippen LogP) is 0.885. The van der Waals surface area contributed by atoms with Crippen molar-refractivity contribution in [3.8, 4) is 0 Å². The fourth-order valence-corrected chi connectivity index (χ4v) is 3.54. The molecule has 0 aliphatic carbocycles. The lowest BCUT2D eigenvalue weighted by molar-refractivity contribution is 0.0840. The Morgan fingerprint density at radius 1 is 0.923 bits per heavy atom. The molecule has 0 saturated carbocycles. The van der Waals surface area contributed by atoms with E-state index in [1.54, 1.807) is 0 Å². The van der Waals surface area contributed by atoms with Crippen LogP contribution in [0.3, 0.4) is 0 Å². The van der Waals surface area contributed by atoms with Gasteiger partial charge >= 0.3 is 0 Å². The predicted molar refractivity (Wildman–Crippen MR) is 64.4 cm³/mol. The van der Waals surface area contributed by atoms with Crippen molar-refractivity contribution in [1.29, 1.82) is 0 Å². The second-order valence-electron chi connectivity index (χ2n) is 3.25. The Hall–Kier alpha value is 0.427. The molecule has 0 radical (unpaired) electrons. The van der Waals surface area contributed by atoms with Gasteiger partial charge in [-0.3, -0.25) is 9.80 Å². The molecule has 0 rings (SSSR count). The summed E-state index contributed by atoms with van der Waals surface area (Å²) < 4.78 is -0.187. The van der Waals surface area contributed by atoms with Gasteiger partial charge in [0.15, 0.2) is 0 Å². The van der Waals surface area contributed by atoms with Crippen molar-refractivity contribution < 1.29 is 0 Å². The van der Waals surface area contributed by atoms with E-state index in [2.05, 4.69) is 37.5 Å². The van der Waals surface area contributed by atoms with E-state index in [0.29, 0.717) is 0 Å². The van der Waals surface area contributed by atoms with E-state index < -0.39 is 0 Å². The lowest BCUT2D eigenvalue weighted by Crippen LogP contribution is -2.57. The average Bonchev–Trinajstić information content (AvgIpc) is 2.07. The molecule has 0 saturated heterocycles. The van der Waals surface area contributed by atoms with E-state index in [9.17, 15) is 0 Å². The summed E-state index contributed by atoms with van der Waals surface area (Å²) in [6.07, 6.45) is 0. The topological polar surface area (TPSA) is 6.48 Å². The molecule has 4 heteroatoms. The quantitative estimate of drug-likeness (QED) is 0.285. The highest BCUT2D eigenvalue weighted by Crippen LogP contribution is 2.21. The van der Waals surface area contributed by atoms with E-state index in [0.717, 1.165) is 36.4 Å². The third-order valence-corrected chi connectivity index (χ3v) is 4.42. The summed E-state index contributed by atoms with van der Waals surface area (Å²) in [6, 6.07) is 0. The van der Waals surface area contributed by atoms with Gasteiger partial charge in [-0.2, -0.15) is 0 Å². The molecule has 0 heterocycles. The van der Waals surface area contributed by atoms with Crippen molar-refractivity contribution >= 4 is 21.8 Å². The van der Waals surface area contributed by atoms with Gasteiger partial charge in [-0.1, -0.05) is 39.3 Å². The lowest BCUT2D eigenvalue weighted by atomic mass is 10.5. The summed E-state index contributed by atoms with van der Waals surface area (Å²) in [6.45, 7) is 12.8. The van der Waals surface area contributed by atoms with Crippen molar-refractivity contribution in [2.75, 3.05) is 26.2 Å². The summed E-state index contributed by atoms with van der Waals surface area (Å²) in [5, 5.41) is 0. The molecule has 0 aromatic carbocycles. The van der Waals surface area contributed by atoms with Crippen molar-refractivity contribution in [2.24, 2.45) is 0 Å². The molecule has 80 valence electrons. The van der Waals surface area contributed by atoms with E-state index in [1.807, 2.05) is 0 Å². The molecule has 0 fully saturated rings. The highest BCUT2D eigenvalue weighted by atomic mass is 35.5. The third-order valence-electron chi connectivity index (χ3n) is 2.68. The first-order valence-electron chi connectivity index (χ1n) is 5.23. The molecule has 13 heavy (non-hydrogen) atoms. The van der Waals surface area contributed by atoms with Gasteiger partial charge in [-0.15, -0.1) is 0 Å². The Bertz CT molecular complexity index is 120. The van der Waals surface area contributed by atoms with Crippen molar-refractivity contribution in [2.45, 2.75) is 32.4 Å². The minimum absolute atomic E-state index is 0.187. The highest BCUT2D eigenvalue weighted by Gasteiger charge is 2.31. The van der Waals surface area contributed by atoms with Gasteiger partial charge in [-0.05, 0) is 26.2 Å². The van der Waals surface area contributed by atoms with Gasteiger partial charge in [0, 0.05) is 0 Å². The molecule has 0 aliphatic rings. The van der Waals surface area contributed by atoms with Crippen LogP contribution in [0.2, 0.25) is 0 Å². The molecular weight excluding hydrogens is 200 g/mol. The van der Waals surface area contributed by atoms with Gasteiger partial charge in [0.2, 0.25) is 0 Å². The number of alkyl halides is 1. The monoisotopic (exact) mass is 222 g/mol. The SMILES string of the molecule is CCN(CC)C([SiH3])(Cl)N(CC)CC. The zero-order valence-electron chi connectivity index (χ0n) is 9.60. The molecular formula is C9H23ClN2Si. The van der Waals surface area contributed by atoms with Crippen LogP contribution in [0.5, 0.6) is 0 Å². The van der Waals surface area contributed by atoms with Crippen LogP contribution in [0.4, 0.5) is 0 Å². The normalized spacial score (nSPS) is 13.2. The van der Waals surface area contributed by atoms with Gasteiger partial charge in [0.1, 0.15) is 4.75 Å². The first-order valence-corrected chi connectivity index (χ1v) is 6.61. The van der Waals surface area contributed by atoms with Crippen LogP contribution >= 0.6 is 11.6 Å². The fraction of sp³-hybridized carbons (Fsp3) is 1.00. The lowest BCUT2D eigenvalue weighted by Gasteiger charge is -2.43. The molecule has 0 bridgehead atoms. The summed E-state index contributed by atoms with van der Waals surface area (Å²) in [4.78, 5) is 4.65. The van der Waals surface area contributed by atoms with Gasteiger partial charge in [0.05, 0.1) is 10.2 Å². The molecule has 0 aromatic heterocycles. The number of nitrogens with zero attached hydrogens (tertiary/aromatic N) is 2. The average molecular weight is 223 g/mol.